The number of nitrogens with zero attached hydrogens (tertiary/aromatic N) is 5. The van der Waals surface area contributed by atoms with Crippen molar-refractivity contribution in [1.82, 2.24) is 30.3 Å². The van der Waals surface area contributed by atoms with Gasteiger partial charge in [-0.3, -0.25) is 4.99 Å². The molecule has 2 N–H and O–H groups in total. The van der Waals surface area contributed by atoms with Crippen molar-refractivity contribution >= 4 is 29.9 Å². The molecule has 0 bridgehead atoms. The molecule has 0 aliphatic carbocycles. The highest BCUT2D eigenvalue weighted by molar-refractivity contribution is 14.0. The van der Waals surface area contributed by atoms with Crippen molar-refractivity contribution in [3.8, 4) is 0 Å². The minimum atomic E-state index is 0. The molecule has 0 radical (unpaired) electrons. The highest BCUT2D eigenvalue weighted by atomic mass is 127. The standard InChI is InChI=1S/C16H31N7O.HI/c1-5-14-21-20-13-23(14)9-8-18-15(17-2)19-12-16(22(3)4)6-10-24-11-7-16;/h13H,5-12H2,1-4H3,(H2,17,18,19);1H. The first-order valence-electron chi connectivity index (χ1n) is 8.67. The maximum atomic E-state index is 5.52. The average Bonchev–Trinajstić information content (AvgIpc) is 3.06. The summed E-state index contributed by atoms with van der Waals surface area (Å²) in [7, 11) is 6.08. The summed E-state index contributed by atoms with van der Waals surface area (Å²) in [6, 6.07) is 0. The molecule has 1 aliphatic rings. The molecule has 0 spiro atoms. The molecule has 1 aliphatic heterocycles. The van der Waals surface area contributed by atoms with Crippen molar-refractivity contribution in [2.24, 2.45) is 4.99 Å². The van der Waals surface area contributed by atoms with Crippen molar-refractivity contribution < 1.29 is 4.74 Å². The van der Waals surface area contributed by atoms with Crippen LogP contribution in [0, 0.1) is 0 Å². The smallest absolute Gasteiger partial charge is 0.191 e. The van der Waals surface area contributed by atoms with Crippen molar-refractivity contribution in [1.29, 1.82) is 0 Å². The van der Waals surface area contributed by atoms with Crippen LogP contribution in [0.25, 0.3) is 0 Å². The molecule has 0 amide bonds. The lowest BCUT2D eigenvalue weighted by Gasteiger charge is -2.43. The van der Waals surface area contributed by atoms with E-state index in [1.165, 1.54) is 0 Å². The number of guanidine groups is 1. The molecule has 8 nitrogen and oxygen atoms in total. The maximum Gasteiger partial charge on any atom is 0.191 e. The second-order valence-corrected chi connectivity index (χ2v) is 6.38. The number of likely N-dealkylation sites (N-methyl/N-ethyl adjacent to an activating group) is 1. The fourth-order valence-electron chi connectivity index (χ4n) is 3.04. The molecular weight excluding hydrogens is 433 g/mol. The average molecular weight is 465 g/mol. The Labute approximate surface area is 167 Å². The minimum absolute atomic E-state index is 0. The van der Waals surface area contributed by atoms with Gasteiger partial charge in [-0.05, 0) is 26.9 Å². The molecule has 0 aromatic carbocycles. The molecule has 1 fully saturated rings. The first-order chi connectivity index (χ1) is 11.6. The van der Waals surface area contributed by atoms with Crippen LogP contribution in [-0.2, 0) is 17.7 Å². The van der Waals surface area contributed by atoms with E-state index in [1.54, 1.807) is 13.4 Å². The summed E-state index contributed by atoms with van der Waals surface area (Å²) in [5.74, 6) is 1.84. The second kappa shape index (κ2) is 10.9. The van der Waals surface area contributed by atoms with Gasteiger partial charge in [-0.25, -0.2) is 0 Å². The summed E-state index contributed by atoms with van der Waals surface area (Å²) >= 11 is 0. The van der Waals surface area contributed by atoms with Crippen LogP contribution in [-0.4, -0.2) is 78.6 Å². The summed E-state index contributed by atoms with van der Waals surface area (Å²) in [5, 5.41) is 14.9. The van der Waals surface area contributed by atoms with Gasteiger partial charge in [0.2, 0.25) is 0 Å². The van der Waals surface area contributed by atoms with Crippen molar-refractivity contribution in [3.05, 3.63) is 12.2 Å². The van der Waals surface area contributed by atoms with Crippen LogP contribution in [0.1, 0.15) is 25.6 Å². The fourth-order valence-corrected chi connectivity index (χ4v) is 3.04. The van der Waals surface area contributed by atoms with Gasteiger partial charge in [-0.15, -0.1) is 34.2 Å². The first-order valence-corrected chi connectivity index (χ1v) is 8.67. The summed E-state index contributed by atoms with van der Waals surface area (Å²) in [5.41, 5.74) is 0.125. The molecule has 25 heavy (non-hydrogen) atoms. The quantitative estimate of drug-likeness (QED) is 0.351. The number of hydrogen-bond acceptors (Lipinski definition) is 5. The van der Waals surface area contributed by atoms with Gasteiger partial charge in [-0.2, -0.15) is 0 Å². The number of aliphatic imine (C=N–C) groups is 1. The van der Waals surface area contributed by atoms with Crippen LogP contribution in [0.3, 0.4) is 0 Å². The lowest BCUT2D eigenvalue weighted by molar-refractivity contribution is -0.00501. The number of hydrogen-bond donors (Lipinski definition) is 2. The molecule has 1 saturated heterocycles. The number of ether oxygens (including phenoxy) is 1. The van der Waals surface area contributed by atoms with Crippen LogP contribution in [0.15, 0.2) is 11.3 Å². The van der Waals surface area contributed by atoms with Gasteiger partial charge in [0, 0.05) is 51.9 Å². The third-order valence-corrected chi connectivity index (χ3v) is 4.84. The monoisotopic (exact) mass is 465 g/mol. The third kappa shape index (κ3) is 6.07. The number of halogens is 1. The predicted octanol–water partition coefficient (Wildman–Crippen LogP) is 0.734. The summed E-state index contributed by atoms with van der Waals surface area (Å²) < 4.78 is 7.59. The van der Waals surface area contributed by atoms with Crippen LogP contribution < -0.4 is 10.6 Å². The Morgan fingerprint density at radius 3 is 2.68 bits per heavy atom. The van der Waals surface area contributed by atoms with Gasteiger partial charge in [0.1, 0.15) is 12.2 Å². The fraction of sp³-hybridized carbons (Fsp3) is 0.812. The van der Waals surface area contributed by atoms with Gasteiger partial charge in [-0.1, -0.05) is 6.92 Å². The first kappa shape index (κ1) is 22.1. The lowest BCUT2D eigenvalue weighted by Crippen LogP contribution is -2.57. The highest BCUT2D eigenvalue weighted by Gasteiger charge is 2.34. The Morgan fingerprint density at radius 2 is 2.08 bits per heavy atom. The largest absolute Gasteiger partial charge is 0.381 e. The lowest BCUT2D eigenvalue weighted by atomic mass is 9.88. The van der Waals surface area contributed by atoms with E-state index < -0.39 is 0 Å². The van der Waals surface area contributed by atoms with Gasteiger partial charge < -0.3 is 24.8 Å². The topological polar surface area (TPSA) is 79.6 Å². The third-order valence-electron chi connectivity index (χ3n) is 4.84. The normalized spacial score (nSPS) is 17.2. The van der Waals surface area contributed by atoms with E-state index in [2.05, 4.69) is 56.3 Å². The zero-order chi connectivity index (χ0) is 17.4. The number of rotatable bonds is 7. The van der Waals surface area contributed by atoms with Crippen LogP contribution in [0.5, 0.6) is 0 Å². The molecule has 1 aromatic rings. The van der Waals surface area contributed by atoms with E-state index in [-0.39, 0.29) is 29.5 Å². The zero-order valence-electron chi connectivity index (χ0n) is 15.8. The molecule has 1 aromatic heterocycles. The Morgan fingerprint density at radius 1 is 1.36 bits per heavy atom. The highest BCUT2D eigenvalue weighted by Crippen LogP contribution is 2.24. The van der Waals surface area contributed by atoms with Gasteiger partial charge in [0.15, 0.2) is 5.96 Å². The molecule has 2 rings (SSSR count). The van der Waals surface area contributed by atoms with E-state index in [1.807, 2.05) is 0 Å². The summed E-state index contributed by atoms with van der Waals surface area (Å²) in [6.07, 6.45) is 4.73. The molecule has 0 saturated carbocycles. The SMILES string of the molecule is CCc1nncn1CCNC(=NC)NCC1(N(C)C)CCOCC1.I. The van der Waals surface area contributed by atoms with E-state index in [4.69, 9.17) is 4.74 Å². The molecular formula is C16H32IN7O. The van der Waals surface area contributed by atoms with Gasteiger partial charge in [0.05, 0.1) is 0 Å². The van der Waals surface area contributed by atoms with E-state index in [0.29, 0.717) is 0 Å². The number of nitrogens with one attached hydrogen (secondary N) is 2. The van der Waals surface area contributed by atoms with Gasteiger partial charge >= 0.3 is 0 Å². The molecule has 144 valence electrons. The van der Waals surface area contributed by atoms with Crippen LogP contribution in [0.4, 0.5) is 0 Å². The molecule has 0 atom stereocenters. The summed E-state index contributed by atoms with van der Waals surface area (Å²) in [6.45, 7) is 6.18. The number of aryl methyl sites for hydroxylation is 1. The van der Waals surface area contributed by atoms with Crippen LogP contribution >= 0.6 is 24.0 Å². The maximum absolute atomic E-state index is 5.52. The Hall–Kier alpha value is -0.940. The van der Waals surface area contributed by atoms with E-state index in [0.717, 1.165) is 63.9 Å². The minimum Gasteiger partial charge on any atom is -0.381 e. The Kier molecular flexibility index (Phi) is 9.65. The van der Waals surface area contributed by atoms with E-state index in [9.17, 15) is 0 Å². The van der Waals surface area contributed by atoms with Crippen molar-refractivity contribution in [3.63, 3.8) is 0 Å². The zero-order valence-corrected chi connectivity index (χ0v) is 18.1. The summed E-state index contributed by atoms with van der Waals surface area (Å²) in [4.78, 5) is 6.63. The van der Waals surface area contributed by atoms with Crippen molar-refractivity contribution in [2.75, 3.05) is 47.4 Å². The van der Waals surface area contributed by atoms with E-state index >= 15 is 0 Å². The Balaban J connectivity index is 0.00000312. The van der Waals surface area contributed by atoms with Gasteiger partial charge in [0.25, 0.3) is 0 Å². The second-order valence-electron chi connectivity index (χ2n) is 6.38. The predicted molar refractivity (Wildman–Crippen MR) is 111 cm³/mol. The molecule has 9 heteroatoms. The molecule has 0 unspecified atom stereocenters. The number of aromatic nitrogens is 3. The Bertz CT molecular complexity index is 526. The van der Waals surface area contributed by atoms with Crippen molar-refractivity contribution in [2.45, 2.75) is 38.3 Å². The molecule has 2 heterocycles. The van der Waals surface area contributed by atoms with Crippen LogP contribution in [0.2, 0.25) is 0 Å².